The zero-order valence-corrected chi connectivity index (χ0v) is 7.48. The van der Waals surface area contributed by atoms with Crippen molar-refractivity contribution in [3.8, 4) is 0 Å². The van der Waals surface area contributed by atoms with E-state index in [0.29, 0.717) is 5.82 Å². The summed E-state index contributed by atoms with van der Waals surface area (Å²) in [5, 5.41) is 4.15. The van der Waals surface area contributed by atoms with Crippen LogP contribution in [0.5, 0.6) is 0 Å². The van der Waals surface area contributed by atoms with E-state index >= 15 is 0 Å². The van der Waals surface area contributed by atoms with Crippen LogP contribution >= 0.6 is 11.3 Å². The van der Waals surface area contributed by atoms with Gasteiger partial charge < -0.3 is 16.9 Å². The molecule has 2 heterocycles. The van der Waals surface area contributed by atoms with Gasteiger partial charge in [-0.15, -0.1) is 11.3 Å². The Bertz CT molecular complexity index is 414. The molecule has 5 N–H and O–H groups in total. The molecule has 0 radical (unpaired) electrons. The molecule has 0 aliphatic rings. The minimum atomic E-state index is 0.596. The number of rotatable bonds is 1. The second kappa shape index (κ2) is 2.31. The third-order valence-corrected chi connectivity index (χ3v) is 2.89. The zero-order chi connectivity index (χ0) is 8.72. The summed E-state index contributed by atoms with van der Waals surface area (Å²) < 4.78 is 2.60. The average Bonchev–Trinajstić information content (AvgIpc) is 2.55. The van der Waals surface area contributed by atoms with E-state index in [1.807, 2.05) is 19.2 Å². The summed E-state index contributed by atoms with van der Waals surface area (Å²) >= 11 is 1.64. The van der Waals surface area contributed by atoms with Gasteiger partial charge in [0.1, 0.15) is 5.82 Å². The first-order chi connectivity index (χ1) is 5.72. The maximum atomic E-state index is 5.68. The van der Waals surface area contributed by atoms with E-state index in [-0.39, 0.29) is 0 Å². The highest BCUT2D eigenvalue weighted by molar-refractivity contribution is 7.22. The highest BCUT2D eigenvalue weighted by Crippen LogP contribution is 2.31. The van der Waals surface area contributed by atoms with Gasteiger partial charge in [-0.25, -0.2) is 4.68 Å². The van der Waals surface area contributed by atoms with Gasteiger partial charge in [0.05, 0.1) is 15.2 Å². The van der Waals surface area contributed by atoms with Crippen molar-refractivity contribution in [2.75, 3.05) is 23.9 Å². The Kier molecular flexibility index (Phi) is 1.41. The van der Waals surface area contributed by atoms with E-state index in [0.717, 1.165) is 15.2 Å². The monoisotopic (exact) mass is 182 g/mol. The number of aromatic nitrogens is 1. The van der Waals surface area contributed by atoms with E-state index in [2.05, 4.69) is 5.32 Å². The van der Waals surface area contributed by atoms with Crippen molar-refractivity contribution >= 4 is 32.4 Å². The van der Waals surface area contributed by atoms with Crippen molar-refractivity contribution in [2.24, 2.45) is 0 Å². The number of nitrogens with one attached hydrogen (secondary N) is 1. The van der Waals surface area contributed by atoms with E-state index < -0.39 is 0 Å². The predicted octanol–water partition coefficient (Wildman–Crippen LogP) is 1.04. The molecule has 0 aliphatic heterocycles. The lowest BCUT2D eigenvalue weighted by Gasteiger charge is -1.95. The Balaban J connectivity index is 2.71. The SMILES string of the molecule is CNc1cc2c(cc(N)n2N)s1. The first kappa shape index (κ1) is 7.30. The predicted molar refractivity (Wildman–Crippen MR) is 53.9 cm³/mol. The summed E-state index contributed by atoms with van der Waals surface area (Å²) in [6.07, 6.45) is 0. The number of fused-ring (bicyclic) bond motifs is 1. The Labute approximate surface area is 73.7 Å². The van der Waals surface area contributed by atoms with Crippen molar-refractivity contribution in [1.29, 1.82) is 0 Å². The van der Waals surface area contributed by atoms with Gasteiger partial charge in [-0.1, -0.05) is 0 Å². The molecule has 2 aromatic heterocycles. The summed E-state index contributed by atoms with van der Waals surface area (Å²) in [5.74, 6) is 6.27. The Hall–Kier alpha value is -1.36. The summed E-state index contributed by atoms with van der Waals surface area (Å²) in [6, 6.07) is 3.86. The molecule has 0 aromatic carbocycles. The molecule has 5 heteroatoms. The third-order valence-electron chi connectivity index (χ3n) is 1.80. The van der Waals surface area contributed by atoms with Crippen molar-refractivity contribution in [2.45, 2.75) is 0 Å². The van der Waals surface area contributed by atoms with Crippen LogP contribution in [0.1, 0.15) is 0 Å². The molecular weight excluding hydrogens is 172 g/mol. The normalized spacial score (nSPS) is 10.8. The van der Waals surface area contributed by atoms with Crippen LogP contribution in [0.25, 0.3) is 10.2 Å². The van der Waals surface area contributed by atoms with Gasteiger partial charge in [0, 0.05) is 7.05 Å². The largest absolute Gasteiger partial charge is 0.384 e. The van der Waals surface area contributed by atoms with Crippen LogP contribution in [0, 0.1) is 0 Å². The van der Waals surface area contributed by atoms with E-state index in [1.165, 1.54) is 4.68 Å². The second-order valence-corrected chi connectivity index (χ2v) is 3.63. The number of nitrogens with zero attached hydrogens (tertiary/aromatic N) is 1. The van der Waals surface area contributed by atoms with Crippen LogP contribution < -0.4 is 16.9 Å². The standard InChI is InChI=1S/C7H10N4S/c1-10-7-2-4-5(12-7)3-6(8)11(4)9/h2-3,10H,8-9H2,1H3. The average molecular weight is 182 g/mol. The van der Waals surface area contributed by atoms with Crippen molar-refractivity contribution in [3.05, 3.63) is 12.1 Å². The van der Waals surface area contributed by atoms with Gasteiger partial charge in [0.15, 0.2) is 0 Å². The van der Waals surface area contributed by atoms with Gasteiger partial charge in [-0.3, -0.25) is 0 Å². The second-order valence-electron chi connectivity index (χ2n) is 2.55. The van der Waals surface area contributed by atoms with Gasteiger partial charge in [0.25, 0.3) is 0 Å². The van der Waals surface area contributed by atoms with Crippen LogP contribution in [-0.4, -0.2) is 11.7 Å². The molecule has 0 aliphatic carbocycles. The molecule has 0 unspecified atom stereocenters. The molecule has 0 bridgehead atoms. The fraction of sp³-hybridized carbons (Fsp3) is 0.143. The summed E-state index contributed by atoms with van der Waals surface area (Å²) in [4.78, 5) is 0. The maximum absolute atomic E-state index is 5.68. The van der Waals surface area contributed by atoms with Crippen LogP contribution in [-0.2, 0) is 0 Å². The van der Waals surface area contributed by atoms with Crippen LogP contribution in [0.4, 0.5) is 10.8 Å². The zero-order valence-electron chi connectivity index (χ0n) is 6.66. The number of nitrogen functional groups attached to an aromatic ring is 2. The summed E-state index contributed by atoms with van der Waals surface area (Å²) in [6.45, 7) is 0. The van der Waals surface area contributed by atoms with Gasteiger partial charge in [-0.05, 0) is 12.1 Å². The Morgan fingerprint density at radius 2 is 2.25 bits per heavy atom. The highest BCUT2D eigenvalue weighted by Gasteiger charge is 2.06. The molecule has 0 atom stereocenters. The first-order valence-corrected chi connectivity index (χ1v) is 4.37. The molecule has 0 saturated carbocycles. The molecule has 0 fully saturated rings. The topological polar surface area (TPSA) is 69.0 Å². The van der Waals surface area contributed by atoms with Crippen molar-refractivity contribution in [1.82, 2.24) is 4.68 Å². The number of hydrogen-bond acceptors (Lipinski definition) is 4. The molecule has 12 heavy (non-hydrogen) atoms. The van der Waals surface area contributed by atoms with E-state index in [1.54, 1.807) is 11.3 Å². The number of nitrogens with two attached hydrogens (primary N) is 2. The lowest BCUT2D eigenvalue weighted by molar-refractivity contribution is 1.08. The molecule has 0 saturated heterocycles. The molecule has 2 rings (SSSR count). The van der Waals surface area contributed by atoms with E-state index in [4.69, 9.17) is 11.6 Å². The third kappa shape index (κ3) is 0.831. The minimum absolute atomic E-state index is 0.596. The minimum Gasteiger partial charge on any atom is -0.384 e. The van der Waals surface area contributed by atoms with Crippen molar-refractivity contribution in [3.63, 3.8) is 0 Å². The maximum Gasteiger partial charge on any atom is 0.124 e. The number of anilines is 2. The molecule has 2 aromatic rings. The summed E-state index contributed by atoms with van der Waals surface area (Å²) in [5.41, 5.74) is 6.59. The van der Waals surface area contributed by atoms with Crippen LogP contribution in [0.2, 0.25) is 0 Å². The molecule has 64 valence electrons. The van der Waals surface area contributed by atoms with Crippen LogP contribution in [0.3, 0.4) is 0 Å². The Morgan fingerprint density at radius 3 is 2.83 bits per heavy atom. The number of thiophene rings is 1. The first-order valence-electron chi connectivity index (χ1n) is 3.56. The smallest absolute Gasteiger partial charge is 0.124 e. The lowest BCUT2D eigenvalue weighted by Crippen LogP contribution is -2.10. The van der Waals surface area contributed by atoms with Gasteiger partial charge in [0.2, 0.25) is 0 Å². The quantitative estimate of drug-likeness (QED) is 0.577. The van der Waals surface area contributed by atoms with Gasteiger partial charge >= 0.3 is 0 Å². The van der Waals surface area contributed by atoms with Crippen LogP contribution in [0.15, 0.2) is 12.1 Å². The molecular formula is C7H10N4S. The van der Waals surface area contributed by atoms with E-state index in [9.17, 15) is 0 Å². The molecule has 0 amide bonds. The highest BCUT2D eigenvalue weighted by atomic mass is 32.1. The van der Waals surface area contributed by atoms with Gasteiger partial charge in [-0.2, -0.15) is 0 Å². The van der Waals surface area contributed by atoms with Crippen molar-refractivity contribution < 1.29 is 0 Å². The number of hydrogen-bond donors (Lipinski definition) is 3. The fourth-order valence-electron chi connectivity index (χ4n) is 1.15. The fourth-order valence-corrected chi connectivity index (χ4v) is 2.10. The lowest BCUT2D eigenvalue weighted by atomic mass is 10.5. The molecule has 0 spiro atoms. The molecule has 4 nitrogen and oxygen atoms in total. The summed E-state index contributed by atoms with van der Waals surface area (Å²) in [7, 11) is 1.88. The Morgan fingerprint density at radius 1 is 1.50 bits per heavy atom.